The number of rotatable bonds is 6. The van der Waals surface area contributed by atoms with Gasteiger partial charge >= 0.3 is 0 Å². The number of benzene rings is 2. The lowest BCUT2D eigenvalue weighted by atomic mass is 9.93. The van der Waals surface area contributed by atoms with Gasteiger partial charge in [0.1, 0.15) is 5.82 Å². The fourth-order valence-electron chi connectivity index (χ4n) is 4.02. The number of carbonyl (C=O) groups excluding carboxylic acids is 2. The van der Waals surface area contributed by atoms with E-state index in [4.69, 9.17) is 0 Å². The Hall–Kier alpha value is -2.73. The number of anilines is 1. The van der Waals surface area contributed by atoms with Gasteiger partial charge in [0.05, 0.1) is 12.0 Å². The summed E-state index contributed by atoms with van der Waals surface area (Å²) in [5, 5.41) is 6.09. The molecule has 1 saturated carbocycles. The maximum absolute atomic E-state index is 13.2. The Bertz CT molecular complexity index is 857. The molecule has 152 valence electrons. The van der Waals surface area contributed by atoms with Crippen molar-refractivity contribution < 1.29 is 14.0 Å². The fraction of sp³-hybridized carbons (Fsp3) is 0.391. The minimum Gasteiger partial charge on any atom is -0.353 e. The molecule has 0 unspecified atom stereocenters. The first-order chi connectivity index (χ1) is 14.0. The van der Waals surface area contributed by atoms with Gasteiger partial charge in [0, 0.05) is 24.8 Å². The molecule has 5 nitrogen and oxygen atoms in total. The topological polar surface area (TPSA) is 61.4 Å². The van der Waals surface area contributed by atoms with Gasteiger partial charge in [-0.1, -0.05) is 30.3 Å². The van der Waals surface area contributed by atoms with E-state index in [-0.39, 0.29) is 23.7 Å². The number of nitrogens with one attached hydrogen (secondary N) is 2. The normalized spacial score (nSPS) is 18.8. The molecule has 0 spiro atoms. The van der Waals surface area contributed by atoms with Crippen LogP contribution >= 0.6 is 0 Å². The molecule has 1 aliphatic heterocycles. The summed E-state index contributed by atoms with van der Waals surface area (Å²) in [7, 11) is 0. The van der Waals surface area contributed by atoms with Gasteiger partial charge in [-0.25, -0.2) is 4.39 Å². The van der Waals surface area contributed by atoms with Crippen molar-refractivity contribution in [2.75, 3.05) is 25.0 Å². The van der Waals surface area contributed by atoms with E-state index in [2.05, 4.69) is 15.5 Å². The number of nitrogens with zero attached hydrogens (tertiary/aromatic N) is 1. The van der Waals surface area contributed by atoms with Crippen LogP contribution < -0.4 is 10.6 Å². The number of hydrogen-bond donors (Lipinski definition) is 2. The summed E-state index contributed by atoms with van der Waals surface area (Å²) in [6.07, 6.45) is 3.26. The van der Waals surface area contributed by atoms with E-state index < -0.39 is 5.41 Å². The first-order valence-electron chi connectivity index (χ1n) is 10.2. The lowest BCUT2D eigenvalue weighted by Gasteiger charge is -2.32. The van der Waals surface area contributed by atoms with E-state index in [9.17, 15) is 14.0 Å². The number of para-hydroxylation sites is 1. The van der Waals surface area contributed by atoms with Crippen molar-refractivity contribution in [2.45, 2.75) is 37.1 Å². The Labute approximate surface area is 170 Å². The first kappa shape index (κ1) is 19.6. The molecule has 0 atom stereocenters. The summed E-state index contributed by atoms with van der Waals surface area (Å²) in [5.74, 6) is -0.259. The van der Waals surface area contributed by atoms with Crippen LogP contribution in [0.15, 0.2) is 54.6 Å². The van der Waals surface area contributed by atoms with Crippen LogP contribution in [-0.4, -0.2) is 42.4 Å². The van der Waals surface area contributed by atoms with Gasteiger partial charge in [-0.05, 0) is 55.5 Å². The lowest BCUT2D eigenvalue weighted by Crippen LogP contribution is -2.48. The molecule has 1 saturated heterocycles. The number of halogens is 1. The highest BCUT2D eigenvalue weighted by Crippen LogP contribution is 2.48. The summed E-state index contributed by atoms with van der Waals surface area (Å²) >= 11 is 0. The smallest absolute Gasteiger partial charge is 0.238 e. The van der Waals surface area contributed by atoms with Crippen LogP contribution in [0.25, 0.3) is 0 Å². The van der Waals surface area contributed by atoms with Crippen LogP contribution in [0.4, 0.5) is 10.1 Å². The summed E-state index contributed by atoms with van der Waals surface area (Å²) in [6, 6.07) is 15.8. The van der Waals surface area contributed by atoms with Crippen LogP contribution in [0.3, 0.4) is 0 Å². The summed E-state index contributed by atoms with van der Waals surface area (Å²) < 4.78 is 13.2. The monoisotopic (exact) mass is 395 g/mol. The van der Waals surface area contributed by atoms with Crippen LogP contribution in [0.1, 0.15) is 31.2 Å². The second-order valence-electron chi connectivity index (χ2n) is 8.03. The minimum absolute atomic E-state index is 0.0214. The zero-order chi connectivity index (χ0) is 20.3. The summed E-state index contributed by atoms with van der Waals surface area (Å²) in [5.41, 5.74) is 1.21. The number of amides is 2. The third kappa shape index (κ3) is 4.65. The van der Waals surface area contributed by atoms with Crippen molar-refractivity contribution in [3.8, 4) is 0 Å². The third-order valence-corrected chi connectivity index (χ3v) is 5.93. The Morgan fingerprint density at radius 1 is 1.00 bits per heavy atom. The zero-order valence-corrected chi connectivity index (χ0v) is 16.4. The molecule has 0 aromatic heterocycles. The first-order valence-corrected chi connectivity index (χ1v) is 10.2. The Morgan fingerprint density at radius 2 is 1.66 bits per heavy atom. The minimum atomic E-state index is -0.486. The van der Waals surface area contributed by atoms with Crippen molar-refractivity contribution in [1.29, 1.82) is 0 Å². The molecule has 0 radical (unpaired) electrons. The molecule has 2 fully saturated rings. The molecule has 2 aromatic rings. The molecule has 0 bridgehead atoms. The Morgan fingerprint density at radius 3 is 2.28 bits per heavy atom. The van der Waals surface area contributed by atoms with E-state index in [0.29, 0.717) is 6.54 Å². The number of hydrogen-bond acceptors (Lipinski definition) is 3. The van der Waals surface area contributed by atoms with Gasteiger partial charge in [0.25, 0.3) is 0 Å². The van der Waals surface area contributed by atoms with Crippen LogP contribution in [0.2, 0.25) is 0 Å². The molecule has 1 aliphatic carbocycles. The predicted octanol–water partition coefficient (Wildman–Crippen LogP) is 3.08. The van der Waals surface area contributed by atoms with Crippen molar-refractivity contribution in [3.05, 3.63) is 66.0 Å². The van der Waals surface area contributed by atoms with Gasteiger partial charge in [-0.3, -0.25) is 14.5 Å². The molecular formula is C23H26FN3O2. The lowest BCUT2D eigenvalue weighted by molar-refractivity contribution is -0.125. The zero-order valence-electron chi connectivity index (χ0n) is 16.4. The molecule has 2 amide bonds. The van der Waals surface area contributed by atoms with Gasteiger partial charge in [-0.2, -0.15) is 0 Å². The molecular weight excluding hydrogens is 369 g/mol. The average Bonchev–Trinajstić information content (AvgIpc) is 3.53. The van der Waals surface area contributed by atoms with E-state index in [1.165, 1.54) is 12.1 Å². The summed E-state index contributed by atoms with van der Waals surface area (Å²) in [4.78, 5) is 27.2. The SMILES string of the molecule is O=C(CN1CCC(NC(=O)C2(c3ccc(F)cc3)CC2)CC1)Nc1ccccc1. The maximum atomic E-state index is 13.2. The van der Waals surface area contributed by atoms with E-state index in [1.807, 2.05) is 30.3 Å². The summed E-state index contributed by atoms with van der Waals surface area (Å²) in [6.45, 7) is 1.91. The quantitative estimate of drug-likeness (QED) is 0.790. The second-order valence-corrected chi connectivity index (χ2v) is 8.03. The number of carbonyl (C=O) groups is 2. The van der Waals surface area contributed by atoms with Crippen molar-refractivity contribution in [1.82, 2.24) is 10.2 Å². The highest BCUT2D eigenvalue weighted by atomic mass is 19.1. The van der Waals surface area contributed by atoms with Gasteiger partial charge in [0.15, 0.2) is 0 Å². The number of piperidine rings is 1. The van der Waals surface area contributed by atoms with Crippen molar-refractivity contribution >= 4 is 17.5 Å². The second kappa shape index (κ2) is 8.33. The largest absolute Gasteiger partial charge is 0.353 e. The predicted molar refractivity (Wildman–Crippen MR) is 110 cm³/mol. The van der Waals surface area contributed by atoms with Crippen LogP contribution in [0.5, 0.6) is 0 Å². The van der Waals surface area contributed by atoms with E-state index >= 15 is 0 Å². The highest BCUT2D eigenvalue weighted by Gasteiger charge is 2.51. The molecule has 2 N–H and O–H groups in total. The standard InChI is InChI=1S/C23H26FN3O2/c24-18-8-6-17(7-9-18)23(12-13-23)22(29)26-20-10-14-27(15-11-20)16-21(28)25-19-4-2-1-3-5-19/h1-9,20H,10-16H2,(H,25,28)(H,26,29). The third-order valence-electron chi connectivity index (χ3n) is 5.93. The van der Waals surface area contributed by atoms with Crippen LogP contribution in [0, 0.1) is 5.82 Å². The van der Waals surface area contributed by atoms with E-state index in [1.54, 1.807) is 12.1 Å². The average molecular weight is 395 g/mol. The molecule has 2 aliphatic rings. The molecule has 2 aromatic carbocycles. The van der Waals surface area contributed by atoms with E-state index in [0.717, 1.165) is 50.0 Å². The van der Waals surface area contributed by atoms with Crippen molar-refractivity contribution in [3.63, 3.8) is 0 Å². The molecule has 1 heterocycles. The van der Waals surface area contributed by atoms with Gasteiger partial charge in [0.2, 0.25) is 11.8 Å². The van der Waals surface area contributed by atoms with Crippen LogP contribution in [-0.2, 0) is 15.0 Å². The maximum Gasteiger partial charge on any atom is 0.238 e. The highest BCUT2D eigenvalue weighted by molar-refractivity contribution is 5.92. The van der Waals surface area contributed by atoms with Crippen molar-refractivity contribution in [2.24, 2.45) is 0 Å². The number of likely N-dealkylation sites (tertiary alicyclic amines) is 1. The Kier molecular flexibility index (Phi) is 5.62. The molecule has 29 heavy (non-hydrogen) atoms. The fourth-order valence-corrected chi connectivity index (χ4v) is 4.02. The molecule has 6 heteroatoms. The molecule has 4 rings (SSSR count). The van der Waals surface area contributed by atoms with Gasteiger partial charge < -0.3 is 10.6 Å². The van der Waals surface area contributed by atoms with Gasteiger partial charge in [-0.15, -0.1) is 0 Å². The Balaban J connectivity index is 1.24.